The second-order valence-electron chi connectivity index (χ2n) is 4.12. The molecule has 0 aliphatic rings. The molecule has 0 aliphatic carbocycles. The third-order valence-electron chi connectivity index (χ3n) is 3.20. The van der Waals surface area contributed by atoms with Crippen LogP contribution in [0, 0.1) is 0 Å². The molecule has 0 saturated heterocycles. The molecule has 0 aromatic heterocycles. The Morgan fingerprint density at radius 1 is 1.27 bits per heavy atom. The second-order valence-corrected chi connectivity index (χ2v) is 4.12. The fourth-order valence-corrected chi connectivity index (χ4v) is 1.83. The Bertz CT molecular complexity index is 147. The number of rotatable bonds is 9. The van der Waals surface area contributed by atoms with E-state index in [1.54, 1.807) is 14.2 Å². The molecule has 3 heteroatoms. The first-order valence-electron chi connectivity index (χ1n) is 5.92. The molecule has 2 atom stereocenters. The van der Waals surface area contributed by atoms with Gasteiger partial charge in [-0.1, -0.05) is 13.8 Å². The summed E-state index contributed by atoms with van der Waals surface area (Å²) in [5, 5.41) is 3.50. The molecule has 3 nitrogen and oxygen atoms in total. The van der Waals surface area contributed by atoms with Crippen LogP contribution in [0.2, 0.25) is 0 Å². The van der Waals surface area contributed by atoms with E-state index in [2.05, 4.69) is 26.1 Å². The Kier molecular flexibility index (Phi) is 8.02. The maximum atomic E-state index is 5.63. The van der Waals surface area contributed by atoms with Gasteiger partial charge in [-0.3, -0.25) is 0 Å². The minimum Gasteiger partial charge on any atom is -0.385 e. The van der Waals surface area contributed by atoms with Gasteiger partial charge < -0.3 is 14.8 Å². The number of hydrogen-bond acceptors (Lipinski definition) is 3. The Morgan fingerprint density at radius 3 is 2.33 bits per heavy atom. The summed E-state index contributed by atoms with van der Waals surface area (Å²) in [6, 6.07) is 0.410. The van der Waals surface area contributed by atoms with Crippen LogP contribution >= 0.6 is 0 Å². The van der Waals surface area contributed by atoms with Crippen LogP contribution < -0.4 is 5.32 Å². The van der Waals surface area contributed by atoms with E-state index in [0.29, 0.717) is 6.04 Å². The molecule has 0 rings (SSSR count). The van der Waals surface area contributed by atoms with Crippen molar-refractivity contribution in [2.24, 2.45) is 0 Å². The second kappa shape index (κ2) is 8.08. The van der Waals surface area contributed by atoms with Crippen LogP contribution in [0.1, 0.15) is 40.0 Å². The predicted octanol–water partition coefficient (Wildman–Crippen LogP) is 2.21. The number of likely N-dealkylation sites (N-methyl/N-ethyl adjacent to an activating group) is 1. The first-order chi connectivity index (χ1) is 7.14. The van der Waals surface area contributed by atoms with Gasteiger partial charge in [0.25, 0.3) is 0 Å². The molecule has 0 radical (unpaired) electrons. The van der Waals surface area contributed by atoms with Crippen molar-refractivity contribution in [2.75, 3.05) is 27.4 Å². The zero-order valence-electron chi connectivity index (χ0n) is 10.9. The average Bonchev–Trinajstić information content (AvgIpc) is 2.27. The lowest BCUT2D eigenvalue weighted by molar-refractivity contribution is -0.0323. The van der Waals surface area contributed by atoms with Crippen LogP contribution in [0.5, 0.6) is 0 Å². The number of methoxy groups -OCH3 is 2. The highest BCUT2D eigenvalue weighted by Gasteiger charge is 2.31. The van der Waals surface area contributed by atoms with E-state index >= 15 is 0 Å². The van der Waals surface area contributed by atoms with E-state index in [9.17, 15) is 0 Å². The fourth-order valence-electron chi connectivity index (χ4n) is 1.83. The van der Waals surface area contributed by atoms with Crippen LogP contribution in [0.25, 0.3) is 0 Å². The van der Waals surface area contributed by atoms with Crippen molar-refractivity contribution in [1.29, 1.82) is 0 Å². The summed E-state index contributed by atoms with van der Waals surface area (Å²) in [5.74, 6) is 0. The highest BCUT2D eigenvalue weighted by atomic mass is 16.5. The van der Waals surface area contributed by atoms with Gasteiger partial charge in [-0.05, 0) is 32.7 Å². The molecule has 0 spiro atoms. The minimum atomic E-state index is -0.0657. The van der Waals surface area contributed by atoms with E-state index in [0.717, 1.165) is 32.4 Å². The Morgan fingerprint density at radius 2 is 1.93 bits per heavy atom. The largest absolute Gasteiger partial charge is 0.385 e. The molecule has 0 heterocycles. The van der Waals surface area contributed by atoms with Gasteiger partial charge in [0.15, 0.2) is 0 Å². The molecule has 0 aliphatic heterocycles. The third-order valence-corrected chi connectivity index (χ3v) is 3.20. The number of nitrogens with one attached hydrogen (secondary N) is 1. The van der Waals surface area contributed by atoms with Crippen molar-refractivity contribution < 1.29 is 9.47 Å². The van der Waals surface area contributed by atoms with Crippen LogP contribution in [0.3, 0.4) is 0 Å². The van der Waals surface area contributed by atoms with Crippen LogP contribution in [0.4, 0.5) is 0 Å². The Labute approximate surface area is 94.5 Å². The van der Waals surface area contributed by atoms with Gasteiger partial charge in [-0.25, -0.2) is 0 Å². The van der Waals surface area contributed by atoms with Crippen LogP contribution in [-0.4, -0.2) is 39.0 Å². The zero-order chi connectivity index (χ0) is 11.7. The standard InChI is InChI=1S/C12H27NO2/c1-6-12(3,15-5)11(13-7-2)9-8-10-14-4/h11,13H,6-10H2,1-5H3. The molecule has 2 unspecified atom stereocenters. The molecule has 15 heavy (non-hydrogen) atoms. The quantitative estimate of drug-likeness (QED) is 0.601. The van der Waals surface area contributed by atoms with Gasteiger partial charge in [0.2, 0.25) is 0 Å². The van der Waals surface area contributed by atoms with E-state index in [4.69, 9.17) is 9.47 Å². The molecule has 0 amide bonds. The van der Waals surface area contributed by atoms with Crippen LogP contribution in [-0.2, 0) is 9.47 Å². The highest BCUT2D eigenvalue weighted by Crippen LogP contribution is 2.22. The van der Waals surface area contributed by atoms with Crippen molar-refractivity contribution >= 4 is 0 Å². The Hall–Kier alpha value is -0.120. The molecular weight excluding hydrogens is 190 g/mol. The maximum absolute atomic E-state index is 5.63. The molecular formula is C12H27NO2. The molecule has 92 valence electrons. The van der Waals surface area contributed by atoms with Gasteiger partial charge >= 0.3 is 0 Å². The lowest BCUT2D eigenvalue weighted by atomic mass is 9.89. The van der Waals surface area contributed by atoms with Gasteiger partial charge in [-0.15, -0.1) is 0 Å². The summed E-state index contributed by atoms with van der Waals surface area (Å²) < 4.78 is 10.7. The summed E-state index contributed by atoms with van der Waals surface area (Å²) in [5.41, 5.74) is -0.0657. The summed E-state index contributed by atoms with van der Waals surface area (Å²) >= 11 is 0. The maximum Gasteiger partial charge on any atom is 0.0800 e. The van der Waals surface area contributed by atoms with Gasteiger partial charge in [0.1, 0.15) is 0 Å². The Balaban J connectivity index is 4.21. The minimum absolute atomic E-state index is 0.0657. The highest BCUT2D eigenvalue weighted by molar-refractivity contribution is 4.88. The molecule has 0 bridgehead atoms. The number of ether oxygens (including phenoxy) is 2. The van der Waals surface area contributed by atoms with E-state index < -0.39 is 0 Å². The van der Waals surface area contributed by atoms with Crippen molar-refractivity contribution in [3.05, 3.63) is 0 Å². The van der Waals surface area contributed by atoms with Crippen LogP contribution in [0.15, 0.2) is 0 Å². The van der Waals surface area contributed by atoms with E-state index in [1.807, 2.05) is 0 Å². The summed E-state index contributed by atoms with van der Waals surface area (Å²) in [7, 11) is 3.54. The lowest BCUT2D eigenvalue weighted by Gasteiger charge is -2.36. The molecule has 0 fully saturated rings. The fraction of sp³-hybridized carbons (Fsp3) is 1.00. The topological polar surface area (TPSA) is 30.5 Å². The van der Waals surface area contributed by atoms with Crippen molar-refractivity contribution in [3.8, 4) is 0 Å². The smallest absolute Gasteiger partial charge is 0.0800 e. The predicted molar refractivity (Wildman–Crippen MR) is 64.3 cm³/mol. The first-order valence-corrected chi connectivity index (χ1v) is 5.92. The molecule has 0 saturated carbocycles. The van der Waals surface area contributed by atoms with E-state index in [-0.39, 0.29) is 5.60 Å². The van der Waals surface area contributed by atoms with Crippen molar-refractivity contribution in [1.82, 2.24) is 5.32 Å². The first kappa shape index (κ1) is 14.9. The van der Waals surface area contributed by atoms with Gasteiger partial charge in [0, 0.05) is 26.9 Å². The summed E-state index contributed by atoms with van der Waals surface area (Å²) in [6.45, 7) is 8.29. The normalized spacial score (nSPS) is 17.4. The number of hydrogen-bond donors (Lipinski definition) is 1. The monoisotopic (exact) mass is 217 g/mol. The molecule has 0 aromatic rings. The van der Waals surface area contributed by atoms with Gasteiger partial charge in [0.05, 0.1) is 5.60 Å². The summed E-state index contributed by atoms with van der Waals surface area (Å²) in [6.07, 6.45) is 3.20. The summed E-state index contributed by atoms with van der Waals surface area (Å²) in [4.78, 5) is 0. The lowest BCUT2D eigenvalue weighted by Crippen LogP contribution is -2.49. The third kappa shape index (κ3) is 4.96. The molecule has 0 aromatic carbocycles. The van der Waals surface area contributed by atoms with Gasteiger partial charge in [-0.2, -0.15) is 0 Å². The zero-order valence-corrected chi connectivity index (χ0v) is 10.9. The van der Waals surface area contributed by atoms with Crippen molar-refractivity contribution in [2.45, 2.75) is 51.7 Å². The van der Waals surface area contributed by atoms with E-state index in [1.165, 1.54) is 0 Å². The molecule has 1 N–H and O–H groups in total. The SMILES string of the molecule is CCNC(CCCOC)C(C)(CC)OC. The average molecular weight is 217 g/mol. The van der Waals surface area contributed by atoms with Crippen molar-refractivity contribution in [3.63, 3.8) is 0 Å².